The number of rotatable bonds is 1. The molecule has 0 saturated heterocycles. The van der Waals surface area contributed by atoms with Crippen molar-refractivity contribution in [3.05, 3.63) is 0 Å². The van der Waals surface area contributed by atoms with Crippen LogP contribution in [0.2, 0.25) is 3.93 Å². The van der Waals surface area contributed by atoms with Gasteiger partial charge in [0.1, 0.15) is 0 Å². The Labute approximate surface area is 53.8 Å². The Morgan fingerprint density at radius 2 is 2.00 bits per heavy atom. The molecule has 0 heterocycles. The van der Waals surface area contributed by atoms with E-state index in [2.05, 4.69) is 0 Å². The number of hydrogen-bond acceptors (Lipinski definition) is 2. The molecule has 2 N–H and O–H groups in total. The zero-order valence-electron chi connectivity index (χ0n) is 3.89. The van der Waals surface area contributed by atoms with Gasteiger partial charge in [-0.05, 0) is 0 Å². The van der Waals surface area contributed by atoms with Crippen LogP contribution in [0.5, 0.6) is 0 Å². The first-order valence-corrected chi connectivity index (χ1v) is 5.63. The first-order valence-electron chi connectivity index (χ1n) is 1.74. The predicted molar refractivity (Wildman–Crippen MR) is 18.4 cm³/mol. The smallest absolute Gasteiger partial charge is 0.870 e. The molecule has 34 valence electrons. The molecule has 2 nitrogen and oxygen atoms in total. The second-order valence-electron chi connectivity index (χ2n) is 1.14. The average molecular weight is 273 g/mol. The van der Waals surface area contributed by atoms with Crippen LogP contribution >= 0.6 is 0 Å². The molecule has 0 aromatic rings. The van der Waals surface area contributed by atoms with Gasteiger partial charge in [-0.2, -0.15) is 0 Å². The molecule has 3 heteroatoms. The van der Waals surface area contributed by atoms with E-state index >= 15 is 0 Å². The van der Waals surface area contributed by atoms with Crippen LogP contribution in [0.4, 0.5) is 0 Å². The minimum atomic E-state index is -0.0293. The van der Waals surface area contributed by atoms with Crippen LogP contribution in [-0.2, 0) is 26.1 Å². The third kappa shape index (κ3) is 8.85. The summed E-state index contributed by atoms with van der Waals surface area (Å²) in [6.07, 6.45) is -0.0293. The van der Waals surface area contributed by atoms with Gasteiger partial charge in [-0.25, -0.2) is 0 Å². The quantitative estimate of drug-likeness (QED) is 0.692. The van der Waals surface area contributed by atoms with Gasteiger partial charge in [-0.1, -0.05) is 0 Å². The van der Waals surface area contributed by atoms with Crippen LogP contribution < -0.4 is 0 Å². The maximum absolute atomic E-state index is 8.41. The van der Waals surface area contributed by atoms with E-state index < -0.39 is 0 Å². The monoisotopic (exact) mass is 273 g/mol. The van der Waals surface area contributed by atoms with Gasteiger partial charge in [0.05, 0.1) is 0 Å². The van der Waals surface area contributed by atoms with Crippen molar-refractivity contribution in [1.82, 2.24) is 0 Å². The Balaban J connectivity index is 0. The van der Waals surface area contributed by atoms with Gasteiger partial charge >= 0.3 is 48.2 Å². The topological polar surface area (TPSA) is 50.2 Å². The summed E-state index contributed by atoms with van der Waals surface area (Å²) in [6.45, 7) is 1.83. The van der Waals surface area contributed by atoms with E-state index in [1.807, 2.05) is 6.92 Å². The minimum absolute atomic E-state index is 0. The van der Waals surface area contributed by atoms with Crippen LogP contribution in [0, 0.1) is 0 Å². The second-order valence-corrected chi connectivity index (χ2v) is 3.38. The van der Waals surface area contributed by atoms with Gasteiger partial charge in [0.25, 0.3) is 0 Å². The second kappa shape index (κ2) is 5.86. The van der Waals surface area contributed by atoms with E-state index in [1.165, 1.54) is 0 Å². The van der Waals surface area contributed by atoms with Gasteiger partial charge in [0, 0.05) is 0 Å². The molecule has 0 rings (SSSR count). The molecule has 0 fully saturated rings. The largest absolute Gasteiger partial charge is 0.870 e. The zero-order chi connectivity index (χ0) is 4.28. The van der Waals surface area contributed by atoms with E-state index in [-0.39, 0.29) is 11.6 Å². The van der Waals surface area contributed by atoms with Crippen molar-refractivity contribution in [3.63, 3.8) is 0 Å². The Bertz CT molecular complexity index is 22.8. The zero-order valence-corrected chi connectivity index (χ0v) is 9.38. The van der Waals surface area contributed by atoms with Crippen LogP contribution in [0.25, 0.3) is 0 Å². The molecule has 1 unspecified atom stereocenters. The molecule has 0 radical (unpaired) electrons. The van der Waals surface area contributed by atoms with Crippen molar-refractivity contribution >= 4 is 0 Å². The van der Waals surface area contributed by atoms with Crippen molar-refractivity contribution in [1.29, 1.82) is 0 Å². The minimum Gasteiger partial charge on any atom is -0.870 e. The maximum atomic E-state index is 8.41. The van der Waals surface area contributed by atoms with Crippen molar-refractivity contribution in [2.45, 2.75) is 17.0 Å². The van der Waals surface area contributed by atoms with Crippen LogP contribution in [0.3, 0.4) is 0 Å². The molecule has 6 heavy (non-hydrogen) atoms. The standard InChI is InChI=1S/C3H7O.Hg.H2O/c1-3(2)4;;/h3-4H,1H2,2H3;;1H2/q;+1;/p-1/i;1-4;. The molecule has 0 aliphatic carbocycles. The first kappa shape index (κ1) is 9.97. The maximum Gasteiger partial charge on any atom is -0.870 e. The van der Waals surface area contributed by atoms with Crippen molar-refractivity contribution in [2.75, 3.05) is 0 Å². The van der Waals surface area contributed by atoms with Gasteiger partial charge in [-0.15, -0.1) is 0 Å². The molecule has 0 spiro atoms. The molecule has 0 aromatic heterocycles. The van der Waals surface area contributed by atoms with Crippen LogP contribution in [0.15, 0.2) is 0 Å². The summed E-state index contributed by atoms with van der Waals surface area (Å²) in [5, 5.41) is 8.41. The van der Waals surface area contributed by atoms with Crippen molar-refractivity contribution in [2.24, 2.45) is 0 Å². The normalized spacial score (nSPS) is 12.7. The van der Waals surface area contributed by atoms with E-state index in [9.17, 15) is 0 Å². The van der Waals surface area contributed by atoms with Gasteiger partial charge in [0.2, 0.25) is 0 Å². The molecular formula is C3H8HgO2. The van der Waals surface area contributed by atoms with Crippen molar-refractivity contribution in [3.8, 4) is 0 Å². The van der Waals surface area contributed by atoms with Gasteiger partial charge in [-0.3, -0.25) is 0 Å². The summed E-state index contributed by atoms with van der Waals surface area (Å²) in [4.78, 5) is 0. The van der Waals surface area contributed by atoms with E-state index in [4.69, 9.17) is 5.11 Å². The van der Waals surface area contributed by atoms with Gasteiger partial charge in [0.15, 0.2) is 0 Å². The predicted octanol–water partition coefficient (Wildman–Crippen LogP) is 0.155. The molecule has 0 amide bonds. The third-order valence-corrected chi connectivity index (χ3v) is 3.67. The Kier molecular flexibility index (Phi) is 9.73. The fourth-order valence-corrected chi connectivity index (χ4v) is 0. The number of hydrogen-bond donors (Lipinski definition) is 1. The number of aliphatic hydroxyl groups is 1. The molecule has 0 aromatic carbocycles. The summed E-state index contributed by atoms with van der Waals surface area (Å²) in [7, 11) is 0. The molecule has 0 aliphatic rings. The summed E-state index contributed by atoms with van der Waals surface area (Å²) in [5.41, 5.74) is 0. The summed E-state index contributed by atoms with van der Waals surface area (Å²) in [6, 6.07) is 0. The molecular weight excluding hydrogens is 265 g/mol. The van der Waals surface area contributed by atoms with Crippen LogP contribution in [0.1, 0.15) is 6.92 Å². The third-order valence-electron chi connectivity index (χ3n) is 0.418. The summed E-state index contributed by atoms with van der Waals surface area (Å²) in [5.74, 6) is 0. The summed E-state index contributed by atoms with van der Waals surface area (Å²) < 4.78 is 1.06. The van der Waals surface area contributed by atoms with Crippen molar-refractivity contribution < 1.29 is 36.7 Å². The van der Waals surface area contributed by atoms with E-state index in [0.29, 0.717) is 0 Å². The first-order chi connectivity index (χ1) is 2.27. The Hall–Kier alpha value is 0.855. The molecule has 1 atom stereocenters. The summed E-state index contributed by atoms with van der Waals surface area (Å²) >= 11 is 0.793. The molecule has 0 aliphatic heterocycles. The van der Waals surface area contributed by atoms with E-state index in [0.717, 1.165) is 30.1 Å². The molecule has 0 saturated carbocycles. The van der Waals surface area contributed by atoms with Gasteiger partial charge < -0.3 is 5.48 Å². The van der Waals surface area contributed by atoms with E-state index in [1.54, 1.807) is 0 Å². The SMILES string of the molecule is CC(O)[CH2][197Hg+].[OH-]. The number of aliphatic hydroxyl groups excluding tert-OH is 1. The Morgan fingerprint density at radius 1 is 1.83 bits per heavy atom. The fraction of sp³-hybridized carbons (Fsp3) is 1.00. The van der Waals surface area contributed by atoms with Crippen LogP contribution in [-0.4, -0.2) is 16.7 Å². The average Bonchev–Trinajstić information content (AvgIpc) is 1.38. The fourth-order valence-electron chi connectivity index (χ4n) is 0. The molecule has 0 bridgehead atoms. The Morgan fingerprint density at radius 3 is 2.00 bits per heavy atom.